The fourth-order valence-corrected chi connectivity index (χ4v) is 2.09. The lowest BCUT2D eigenvalue weighted by Gasteiger charge is -2.14. The fraction of sp³-hybridized carbons (Fsp3) is 0.588. The van der Waals surface area contributed by atoms with Gasteiger partial charge in [-0.15, -0.1) is 24.0 Å². The van der Waals surface area contributed by atoms with E-state index in [1.54, 1.807) is 19.2 Å². The third kappa shape index (κ3) is 9.93. The van der Waals surface area contributed by atoms with Gasteiger partial charge in [0.2, 0.25) is 0 Å². The fourth-order valence-electron chi connectivity index (χ4n) is 2.09. The van der Waals surface area contributed by atoms with E-state index in [-0.39, 0.29) is 30.4 Å². The quantitative estimate of drug-likeness (QED) is 0.226. The predicted molar refractivity (Wildman–Crippen MR) is 109 cm³/mol. The van der Waals surface area contributed by atoms with Gasteiger partial charge in [-0.3, -0.25) is 4.99 Å². The maximum atomic E-state index is 12.1. The molecular formula is C17H27F3IN3O2. The number of methoxy groups -OCH3 is 1. The van der Waals surface area contributed by atoms with Gasteiger partial charge in [0.1, 0.15) is 0 Å². The monoisotopic (exact) mass is 489 g/mol. The Morgan fingerprint density at radius 1 is 1.15 bits per heavy atom. The Morgan fingerprint density at radius 2 is 1.88 bits per heavy atom. The van der Waals surface area contributed by atoms with Crippen molar-refractivity contribution in [1.82, 2.24) is 5.32 Å². The molecule has 1 aromatic rings. The number of hydrogen-bond donors (Lipinski definition) is 2. The molecule has 0 saturated heterocycles. The van der Waals surface area contributed by atoms with E-state index in [0.29, 0.717) is 43.6 Å². The summed E-state index contributed by atoms with van der Waals surface area (Å²) in [6, 6.07) is 5.39. The van der Waals surface area contributed by atoms with Crippen LogP contribution in [0.5, 0.6) is 11.5 Å². The highest BCUT2D eigenvalue weighted by molar-refractivity contribution is 14.0. The molecule has 0 aliphatic carbocycles. The first-order valence-electron chi connectivity index (χ1n) is 8.32. The van der Waals surface area contributed by atoms with Crippen molar-refractivity contribution in [3.63, 3.8) is 0 Å². The highest BCUT2D eigenvalue weighted by Gasteiger charge is 2.25. The Balaban J connectivity index is 0.00000625. The normalized spacial score (nSPS) is 11.5. The molecule has 150 valence electrons. The van der Waals surface area contributed by atoms with Gasteiger partial charge in [-0.25, -0.2) is 0 Å². The summed E-state index contributed by atoms with van der Waals surface area (Å²) >= 11 is 0. The van der Waals surface area contributed by atoms with Crippen molar-refractivity contribution in [2.24, 2.45) is 4.99 Å². The summed E-state index contributed by atoms with van der Waals surface area (Å²) in [5.74, 6) is 1.75. The first-order valence-corrected chi connectivity index (χ1v) is 8.32. The van der Waals surface area contributed by atoms with Gasteiger partial charge in [0.05, 0.1) is 13.7 Å². The zero-order valence-electron chi connectivity index (χ0n) is 15.3. The van der Waals surface area contributed by atoms with E-state index in [9.17, 15) is 13.2 Å². The molecule has 1 aromatic carbocycles. The number of aliphatic imine (C=N–C) groups is 1. The molecule has 1 rings (SSSR count). The Labute approximate surface area is 169 Å². The zero-order valence-corrected chi connectivity index (χ0v) is 17.6. The molecule has 0 radical (unpaired) electrons. The van der Waals surface area contributed by atoms with Crippen LogP contribution in [0.3, 0.4) is 0 Å². The molecule has 0 unspecified atom stereocenters. The van der Waals surface area contributed by atoms with Gasteiger partial charge >= 0.3 is 6.18 Å². The first kappa shape index (κ1) is 24.6. The van der Waals surface area contributed by atoms with Gasteiger partial charge in [-0.1, -0.05) is 0 Å². The van der Waals surface area contributed by atoms with E-state index < -0.39 is 12.6 Å². The van der Waals surface area contributed by atoms with Crippen molar-refractivity contribution in [2.75, 3.05) is 32.1 Å². The number of ether oxygens (including phenoxy) is 2. The van der Waals surface area contributed by atoms with Crippen LogP contribution in [0.25, 0.3) is 0 Å². The minimum absolute atomic E-state index is 0. The number of unbranched alkanes of at least 4 members (excludes halogenated alkanes) is 1. The summed E-state index contributed by atoms with van der Waals surface area (Å²) in [5.41, 5.74) is 0.746. The molecule has 0 amide bonds. The third-order valence-corrected chi connectivity index (χ3v) is 3.21. The number of halogens is 4. The lowest BCUT2D eigenvalue weighted by atomic mass is 10.2. The number of nitrogens with one attached hydrogen (secondary N) is 2. The summed E-state index contributed by atoms with van der Waals surface area (Å²) < 4.78 is 47.1. The number of anilines is 1. The summed E-state index contributed by atoms with van der Waals surface area (Å²) in [4.78, 5) is 4.30. The van der Waals surface area contributed by atoms with E-state index in [1.165, 1.54) is 0 Å². The number of rotatable bonds is 9. The van der Waals surface area contributed by atoms with Crippen molar-refractivity contribution in [1.29, 1.82) is 0 Å². The first-order chi connectivity index (χ1) is 11.9. The largest absolute Gasteiger partial charge is 0.493 e. The molecule has 0 atom stereocenters. The van der Waals surface area contributed by atoms with Crippen LogP contribution in [0.2, 0.25) is 0 Å². The number of nitrogens with zero attached hydrogens (tertiary/aromatic N) is 1. The summed E-state index contributed by atoms with van der Waals surface area (Å²) in [6.07, 6.45) is -4.43. The summed E-state index contributed by atoms with van der Waals surface area (Å²) in [7, 11) is 1.56. The average molecular weight is 489 g/mol. The molecule has 5 nitrogen and oxygen atoms in total. The number of alkyl halides is 3. The van der Waals surface area contributed by atoms with Crippen molar-refractivity contribution in [3.05, 3.63) is 18.2 Å². The molecule has 9 heteroatoms. The van der Waals surface area contributed by atoms with Crippen LogP contribution in [0, 0.1) is 0 Å². The second-order valence-corrected chi connectivity index (χ2v) is 5.26. The molecule has 0 saturated carbocycles. The molecule has 0 aliphatic rings. The Morgan fingerprint density at radius 3 is 2.46 bits per heavy atom. The number of guanidine groups is 1. The average Bonchev–Trinajstić information content (AvgIpc) is 2.55. The molecule has 0 aromatic heterocycles. The van der Waals surface area contributed by atoms with Crippen LogP contribution in [0.15, 0.2) is 23.2 Å². The maximum Gasteiger partial charge on any atom is 0.389 e. The van der Waals surface area contributed by atoms with Crippen LogP contribution in [-0.4, -0.2) is 38.9 Å². The molecule has 0 aliphatic heterocycles. The van der Waals surface area contributed by atoms with Crippen molar-refractivity contribution >= 4 is 35.6 Å². The van der Waals surface area contributed by atoms with Crippen LogP contribution in [0.1, 0.15) is 33.1 Å². The van der Waals surface area contributed by atoms with Crippen molar-refractivity contribution < 1.29 is 22.6 Å². The van der Waals surface area contributed by atoms with Gasteiger partial charge in [0.15, 0.2) is 17.5 Å². The van der Waals surface area contributed by atoms with Gasteiger partial charge in [0.25, 0.3) is 0 Å². The van der Waals surface area contributed by atoms with E-state index in [0.717, 1.165) is 5.69 Å². The summed E-state index contributed by atoms with van der Waals surface area (Å²) in [6.45, 7) is 5.30. The van der Waals surface area contributed by atoms with E-state index in [4.69, 9.17) is 9.47 Å². The van der Waals surface area contributed by atoms with E-state index >= 15 is 0 Å². The molecule has 0 fully saturated rings. The lowest BCUT2D eigenvalue weighted by Crippen LogP contribution is -2.30. The van der Waals surface area contributed by atoms with Crippen molar-refractivity contribution in [3.8, 4) is 11.5 Å². The SMILES string of the molecule is CCNC(=NCCCCC(F)(F)F)Nc1ccc(OCC)c(OC)c1.I. The standard InChI is InChI=1S/C17H26F3N3O2.HI/c1-4-21-16(22-11-7-6-10-17(18,19)20)23-13-8-9-14(25-5-2)15(12-13)24-3;/h8-9,12H,4-7,10-11H2,1-3H3,(H2,21,22,23);1H. The second-order valence-electron chi connectivity index (χ2n) is 5.26. The van der Waals surface area contributed by atoms with Gasteiger partial charge < -0.3 is 20.1 Å². The van der Waals surface area contributed by atoms with E-state index in [1.807, 2.05) is 19.9 Å². The zero-order chi connectivity index (χ0) is 18.7. The summed E-state index contributed by atoms with van der Waals surface area (Å²) in [5, 5.41) is 6.17. The molecule has 26 heavy (non-hydrogen) atoms. The van der Waals surface area contributed by atoms with Crippen LogP contribution >= 0.6 is 24.0 Å². The maximum absolute atomic E-state index is 12.1. The highest BCUT2D eigenvalue weighted by Crippen LogP contribution is 2.30. The minimum Gasteiger partial charge on any atom is -0.493 e. The third-order valence-electron chi connectivity index (χ3n) is 3.21. The van der Waals surface area contributed by atoms with Crippen LogP contribution in [0.4, 0.5) is 18.9 Å². The van der Waals surface area contributed by atoms with Gasteiger partial charge in [-0.2, -0.15) is 13.2 Å². The van der Waals surface area contributed by atoms with Gasteiger partial charge in [-0.05, 0) is 38.8 Å². The topological polar surface area (TPSA) is 54.9 Å². The molecule has 2 N–H and O–H groups in total. The molecule has 0 bridgehead atoms. The number of benzene rings is 1. The second kappa shape index (κ2) is 12.9. The van der Waals surface area contributed by atoms with Crippen LogP contribution < -0.4 is 20.1 Å². The van der Waals surface area contributed by atoms with Crippen LogP contribution in [-0.2, 0) is 0 Å². The molecular weight excluding hydrogens is 462 g/mol. The number of hydrogen-bond acceptors (Lipinski definition) is 3. The Hall–Kier alpha value is -1.39. The van der Waals surface area contributed by atoms with Crippen molar-refractivity contribution in [2.45, 2.75) is 39.3 Å². The highest BCUT2D eigenvalue weighted by atomic mass is 127. The van der Waals surface area contributed by atoms with Gasteiger partial charge in [0, 0.05) is 31.3 Å². The molecule has 0 heterocycles. The minimum atomic E-state index is -4.11. The predicted octanol–water partition coefficient (Wildman–Crippen LogP) is 4.82. The lowest BCUT2D eigenvalue weighted by molar-refractivity contribution is -0.135. The molecule has 0 spiro atoms. The smallest absolute Gasteiger partial charge is 0.389 e. The Kier molecular flexibility index (Phi) is 12.2. The van der Waals surface area contributed by atoms with E-state index in [2.05, 4.69) is 15.6 Å². The Bertz CT molecular complexity index is 555.